The number of ether oxygens (including phenoxy) is 3. The van der Waals surface area contributed by atoms with Crippen molar-refractivity contribution in [2.24, 2.45) is 0 Å². The summed E-state index contributed by atoms with van der Waals surface area (Å²) in [6, 6.07) is 0. The van der Waals surface area contributed by atoms with Gasteiger partial charge in [-0.05, 0) is 13.3 Å². The molecule has 0 saturated carbocycles. The summed E-state index contributed by atoms with van der Waals surface area (Å²) in [5.41, 5.74) is 0. The van der Waals surface area contributed by atoms with Crippen molar-refractivity contribution in [3.63, 3.8) is 0 Å². The van der Waals surface area contributed by atoms with E-state index in [0.29, 0.717) is 6.61 Å². The average Bonchev–Trinajstić information content (AvgIpc) is 2.11. The maximum Gasteiger partial charge on any atom is 0.189 e. The van der Waals surface area contributed by atoms with Crippen molar-refractivity contribution in [2.45, 2.75) is 25.2 Å². The van der Waals surface area contributed by atoms with Crippen LogP contribution < -0.4 is 0 Å². The van der Waals surface area contributed by atoms with Gasteiger partial charge >= 0.3 is 0 Å². The summed E-state index contributed by atoms with van der Waals surface area (Å²) in [4.78, 5) is 0. The van der Waals surface area contributed by atoms with E-state index in [1.165, 1.54) is 0 Å². The van der Waals surface area contributed by atoms with Gasteiger partial charge in [0.15, 0.2) is 5.79 Å². The SMILES string of the molecule is CC12COCCC(CO1)O2. The Morgan fingerprint density at radius 1 is 1.50 bits per heavy atom. The first-order chi connectivity index (χ1) is 4.79. The van der Waals surface area contributed by atoms with E-state index < -0.39 is 5.79 Å². The highest BCUT2D eigenvalue weighted by atomic mass is 16.8. The van der Waals surface area contributed by atoms with E-state index in [0.717, 1.165) is 19.6 Å². The van der Waals surface area contributed by atoms with E-state index in [9.17, 15) is 0 Å². The Bertz CT molecular complexity index is 135. The van der Waals surface area contributed by atoms with E-state index in [4.69, 9.17) is 14.2 Å². The molecule has 0 aromatic heterocycles. The maximum absolute atomic E-state index is 5.56. The number of fused-ring (bicyclic) bond motifs is 2. The Morgan fingerprint density at radius 2 is 2.40 bits per heavy atom. The van der Waals surface area contributed by atoms with Gasteiger partial charge in [0.25, 0.3) is 0 Å². The molecule has 10 heavy (non-hydrogen) atoms. The third kappa shape index (κ3) is 1.05. The summed E-state index contributed by atoms with van der Waals surface area (Å²) < 4.78 is 16.2. The molecule has 0 aromatic carbocycles. The van der Waals surface area contributed by atoms with Crippen LogP contribution in [0.15, 0.2) is 0 Å². The molecule has 2 atom stereocenters. The highest BCUT2D eigenvalue weighted by molar-refractivity contribution is 4.77. The van der Waals surface area contributed by atoms with Crippen molar-refractivity contribution in [3.05, 3.63) is 0 Å². The molecule has 0 amide bonds. The standard InChI is InChI=1S/C7H12O3/c1-7-5-8-3-2-6(10-7)4-9-7/h6H,2-5H2,1H3. The average molecular weight is 144 g/mol. The van der Waals surface area contributed by atoms with Crippen molar-refractivity contribution >= 4 is 0 Å². The molecule has 2 fully saturated rings. The molecule has 3 heteroatoms. The van der Waals surface area contributed by atoms with Crippen LogP contribution in [0.1, 0.15) is 13.3 Å². The second-order valence-corrected chi connectivity index (χ2v) is 3.03. The second kappa shape index (κ2) is 2.19. The molecule has 0 radical (unpaired) electrons. The van der Waals surface area contributed by atoms with Gasteiger partial charge in [-0.2, -0.15) is 0 Å². The van der Waals surface area contributed by atoms with Gasteiger partial charge in [0, 0.05) is 6.61 Å². The molecule has 2 aliphatic heterocycles. The first-order valence-corrected chi connectivity index (χ1v) is 3.68. The molecule has 2 rings (SSSR count). The fourth-order valence-corrected chi connectivity index (χ4v) is 1.38. The molecule has 2 heterocycles. The van der Waals surface area contributed by atoms with Crippen molar-refractivity contribution in [2.75, 3.05) is 19.8 Å². The largest absolute Gasteiger partial charge is 0.376 e. The molecule has 2 aliphatic rings. The number of rotatable bonds is 0. The summed E-state index contributed by atoms with van der Waals surface area (Å²) >= 11 is 0. The second-order valence-electron chi connectivity index (χ2n) is 3.03. The lowest BCUT2D eigenvalue weighted by atomic mass is 10.3. The van der Waals surface area contributed by atoms with E-state index in [-0.39, 0.29) is 6.10 Å². The predicted octanol–water partition coefficient (Wildman–Crippen LogP) is 0.538. The highest BCUT2D eigenvalue weighted by Crippen LogP contribution is 2.27. The number of hydrogen-bond acceptors (Lipinski definition) is 3. The smallest absolute Gasteiger partial charge is 0.189 e. The minimum absolute atomic E-state index is 0.271. The zero-order valence-corrected chi connectivity index (χ0v) is 6.13. The summed E-state index contributed by atoms with van der Waals surface area (Å²) in [7, 11) is 0. The normalized spacial score (nSPS) is 47.1. The number of hydrogen-bond donors (Lipinski definition) is 0. The van der Waals surface area contributed by atoms with Gasteiger partial charge in [0.1, 0.15) is 6.61 Å². The molecule has 0 N–H and O–H groups in total. The lowest BCUT2D eigenvalue weighted by Crippen LogP contribution is -2.31. The van der Waals surface area contributed by atoms with Crippen LogP contribution in [0.5, 0.6) is 0 Å². The summed E-state index contributed by atoms with van der Waals surface area (Å²) in [5.74, 6) is -0.443. The topological polar surface area (TPSA) is 27.7 Å². The minimum Gasteiger partial charge on any atom is -0.376 e. The van der Waals surface area contributed by atoms with Crippen LogP contribution in [-0.2, 0) is 14.2 Å². The van der Waals surface area contributed by atoms with Crippen molar-refractivity contribution in [1.29, 1.82) is 0 Å². The molecule has 2 bridgehead atoms. The van der Waals surface area contributed by atoms with Gasteiger partial charge < -0.3 is 14.2 Å². The van der Waals surface area contributed by atoms with Crippen LogP contribution in [0, 0.1) is 0 Å². The van der Waals surface area contributed by atoms with Gasteiger partial charge in [-0.1, -0.05) is 0 Å². The van der Waals surface area contributed by atoms with Crippen LogP contribution in [0.3, 0.4) is 0 Å². The van der Waals surface area contributed by atoms with E-state index in [1.807, 2.05) is 6.92 Å². The monoisotopic (exact) mass is 144 g/mol. The molecule has 0 aliphatic carbocycles. The van der Waals surface area contributed by atoms with Crippen LogP contribution in [0.2, 0.25) is 0 Å². The lowest BCUT2D eigenvalue weighted by Gasteiger charge is -2.20. The van der Waals surface area contributed by atoms with Gasteiger partial charge in [0.2, 0.25) is 0 Å². The zero-order valence-electron chi connectivity index (χ0n) is 6.13. The fraction of sp³-hybridized carbons (Fsp3) is 1.00. The van der Waals surface area contributed by atoms with Gasteiger partial charge in [-0.15, -0.1) is 0 Å². The molecule has 0 aromatic rings. The Morgan fingerprint density at radius 3 is 3.30 bits per heavy atom. The maximum atomic E-state index is 5.56. The molecule has 58 valence electrons. The van der Waals surface area contributed by atoms with Crippen LogP contribution in [0.25, 0.3) is 0 Å². The third-order valence-corrected chi connectivity index (χ3v) is 1.94. The van der Waals surface area contributed by atoms with E-state index in [2.05, 4.69) is 0 Å². The lowest BCUT2D eigenvalue weighted by molar-refractivity contribution is -0.175. The van der Waals surface area contributed by atoms with Gasteiger partial charge in [0.05, 0.1) is 12.7 Å². The summed E-state index contributed by atoms with van der Waals surface area (Å²) in [5, 5.41) is 0. The molecule has 3 nitrogen and oxygen atoms in total. The van der Waals surface area contributed by atoms with Crippen LogP contribution in [0.4, 0.5) is 0 Å². The molecular formula is C7H12O3. The van der Waals surface area contributed by atoms with E-state index in [1.54, 1.807) is 0 Å². The quantitative estimate of drug-likeness (QED) is 0.496. The van der Waals surface area contributed by atoms with Gasteiger partial charge in [-0.3, -0.25) is 0 Å². The van der Waals surface area contributed by atoms with Crippen molar-refractivity contribution < 1.29 is 14.2 Å². The molecular weight excluding hydrogens is 132 g/mol. The van der Waals surface area contributed by atoms with Crippen LogP contribution in [-0.4, -0.2) is 31.7 Å². The Balaban J connectivity index is 2.09. The minimum atomic E-state index is -0.443. The highest BCUT2D eigenvalue weighted by Gasteiger charge is 2.39. The molecule has 0 spiro atoms. The Kier molecular flexibility index (Phi) is 1.44. The summed E-state index contributed by atoms with van der Waals surface area (Å²) in [6.45, 7) is 4.05. The first kappa shape index (κ1) is 6.58. The third-order valence-electron chi connectivity index (χ3n) is 1.94. The molecule has 2 unspecified atom stereocenters. The first-order valence-electron chi connectivity index (χ1n) is 3.68. The van der Waals surface area contributed by atoms with Gasteiger partial charge in [-0.25, -0.2) is 0 Å². The molecule has 2 saturated heterocycles. The van der Waals surface area contributed by atoms with Crippen molar-refractivity contribution in [1.82, 2.24) is 0 Å². The Labute approximate surface area is 60.3 Å². The van der Waals surface area contributed by atoms with E-state index >= 15 is 0 Å². The Hall–Kier alpha value is -0.120. The zero-order chi connectivity index (χ0) is 7.03. The predicted molar refractivity (Wildman–Crippen MR) is 34.7 cm³/mol. The van der Waals surface area contributed by atoms with Crippen LogP contribution >= 0.6 is 0 Å². The van der Waals surface area contributed by atoms with Crippen molar-refractivity contribution in [3.8, 4) is 0 Å². The summed E-state index contributed by atoms with van der Waals surface area (Å²) in [6.07, 6.45) is 1.24. The fourth-order valence-electron chi connectivity index (χ4n) is 1.38.